The molecule has 0 aliphatic heterocycles. The van der Waals surface area contributed by atoms with E-state index in [0.29, 0.717) is 16.0 Å². The lowest BCUT2D eigenvalue weighted by Crippen LogP contribution is -2.29. The van der Waals surface area contributed by atoms with Crippen molar-refractivity contribution in [3.63, 3.8) is 0 Å². The smallest absolute Gasteiger partial charge is 0.279 e. The fraction of sp³-hybridized carbons (Fsp3) is 0.308. The molecule has 1 aromatic heterocycles. The predicted molar refractivity (Wildman–Crippen MR) is 74.8 cm³/mol. The van der Waals surface area contributed by atoms with Gasteiger partial charge in [-0.15, -0.1) is 5.10 Å². The molecule has 106 valence electrons. The van der Waals surface area contributed by atoms with Crippen molar-refractivity contribution in [1.29, 1.82) is 0 Å². The first-order valence-electron chi connectivity index (χ1n) is 5.96. The molecule has 1 N–H and O–H groups in total. The maximum Gasteiger partial charge on any atom is 0.279 e. The summed E-state index contributed by atoms with van der Waals surface area (Å²) in [6.45, 7) is 4.35. The lowest BCUT2D eigenvalue weighted by molar-refractivity contribution is 0.123. The molecule has 0 aliphatic rings. The minimum Gasteiger partial charge on any atom is -0.409 e. The molecule has 0 spiro atoms. The summed E-state index contributed by atoms with van der Waals surface area (Å²) in [5, 5.41) is 13.3. The van der Waals surface area contributed by atoms with Crippen LogP contribution in [0.3, 0.4) is 0 Å². The van der Waals surface area contributed by atoms with Crippen molar-refractivity contribution in [1.82, 2.24) is 14.9 Å². The highest BCUT2D eigenvalue weighted by atomic mass is 79.9. The minimum absolute atomic E-state index is 0.114. The van der Waals surface area contributed by atoms with Gasteiger partial charge in [-0.2, -0.15) is 0 Å². The van der Waals surface area contributed by atoms with Crippen LogP contribution in [0.1, 0.15) is 19.4 Å². The van der Waals surface area contributed by atoms with Gasteiger partial charge in [0.05, 0.1) is 12.7 Å². The van der Waals surface area contributed by atoms with Crippen LogP contribution >= 0.6 is 15.9 Å². The van der Waals surface area contributed by atoms with Crippen LogP contribution in [0.15, 0.2) is 40.1 Å². The zero-order valence-corrected chi connectivity index (χ0v) is 12.7. The van der Waals surface area contributed by atoms with Crippen LogP contribution in [-0.4, -0.2) is 26.7 Å². The number of halogens is 2. The zero-order valence-electron chi connectivity index (χ0n) is 11.1. The standard InChI is InChI=1S/C13H14BrFN4O/c1-13(2,9-3-5-10(15)6-4-9)8-17-12-16-7-11(14)18-19(12)20/h3-7,20H,8H2,1-2H3. The molecular formula is C13H14BrFN4O. The minimum atomic E-state index is -0.310. The highest BCUT2D eigenvalue weighted by Gasteiger charge is 2.20. The molecule has 0 saturated heterocycles. The second-order valence-electron chi connectivity index (χ2n) is 4.98. The van der Waals surface area contributed by atoms with Crippen molar-refractivity contribution in [2.45, 2.75) is 19.3 Å². The highest BCUT2D eigenvalue weighted by molar-refractivity contribution is 9.10. The first kappa shape index (κ1) is 14.6. The van der Waals surface area contributed by atoms with Gasteiger partial charge in [-0.1, -0.05) is 30.8 Å². The van der Waals surface area contributed by atoms with Gasteiger partial charge in [-0.05, 0) is 33.6 Å². The van der Waals surface area contributed by atoms with Crippen LogP contribution in [0.2, 0.25) is 0 Å². The number of rotatable bonds is 3. The van der Waals surface area contributed by atoms with E-state index in [2.05, 4.69) is 31.0 Å². The number of hydrogen-bond acceptors (Lipinski definition) is 4. The molecule has 0 amide bonds. The molecule has 0 unspecified atom stereocenters. The number of nitrogens with zero attached hydrogens (tertiary/aromatic N) is 4. The van der Waals surface area contributed by atoms with Gasteiger partial charge in [-0.3, -0.25) is 0 Å². The van der Waals surface area contributed by atoms with Crippen LogP contribution in [0, 0.1) is 5.82 Å². The number of benzene rings is 1. The van der Waals surface area contributed by atoms with E-state index in [0.717, 1.165) is 5.56 Å². The van der Waals surface area contributed by atoms with E-state index in [4.69, 9.17) is 0 Å². The van der Waals surface area contributed by atoms with Crippen molar-refractivity contribution in [3.05, 3.63) is 52.1 Å². The molecule has 20 heavy (non-hydrogen) atoms. The van der Waals surface area contributed by atoms with E-state index in [1.54, 1.807) is 12.1 Å². The summed E-state index contributed by atoms with van der Waals surface area (Å²) in [5.74, 6) is -0.270. The molecule has 0 radical (unpaired) electrons. The van der Waals surface area contributed by atoms with Gasteiger partial charge >= 0.3 is 0 Å². The lowest BCUT2D eigenvalue weighted by Gasteiger charge is -2.22. The van der Waals surface area contributed by atoms with Crippen LogP contribution in [0.5, 0.6) is 0 Å². The molecule has 2 rings (SSSR count). The Morgan fingerprint density at radius 3 is 2.60 bits per heavy atom. The van der Waals surface area contributed by atoms with Crippen molar-refractivity contribution in [2.75, 3.05) is 6.54 Å². The molecule has 0 saturated carbocycles. The SMILES string of the molecule is CC(C)(CN=c1ncc(Br)nn1O)c1ccc(F)cc1. The molecule has 2 aromatic rings. The summed E-state index contributed by atoms with van der Waals surface area (Å²) >= 11 is 3.10. The van der Waals surface area contributed by atoms with E-state index < -0.39 is 0 Å². The second-order valence-corrected chi connectivity index (χ2v) is 5.79. The van der Waals surface area contributed by atoms with Crippen LogP contribution in [-0.2, 0) is 5.41 Å². The summed E-state index contributed by atoms with van der Waals surface area (Å²) in [5.41, 5.74) is 0.760. The topological polar surface area (TPSA) is 63.3 Å². The van der Waals surface area contributed by atoms with Gasteiger partial charge in [0, 0.05) is 5.41 Å². The van der Waals surface area contributed by atoms with Gasteiger partial charge in [0.25, 0.3) is 5.62 Å². The largest absolute Gasteiger partial charge is 0.409 e. The van der Waals surface area contributed by atoms with E-state index in [1.807, 2.05) is 13.8 Å². The Hall–Kier alpha value is -1.76. The van der Waals surface area contributed by atoms with Gasteiger partial charge in [0.1, 0.15) is 10.4 Å². The lowest BCUT2D eigenvalue weighted by atomic mass is 9.85. The number of aromatic nitrogens is 3. The Morgan fingerprint density at radius 2 is 2.00 bits per heavy atom. The molecule has 1 heterocycles. The van der Waals surface area contributed by atoms with Crippen molar-refractivity contribution >= 4 is 15.9 Å². The Bertz CT molecular complexity index is 667. The monoisotopic (exact) mass is 340 g/mol. The quantitative estimate of drug-likeness (QED) is 0.872. The van der Waals surface area contributed by atoms with Crippen molar-refractivity contribution in [3.8, 4) is 0 Å². The third kappa shape index (κ3) is 3.41. The first-order chi connectivity index (χ1) is 9.38. The molecule has 7 heteroatoms. The molecule has 0 fully saturated rings. The van der Waals surface area contributed by atoms with Gasteiger partial charge < -0.3 is 5.21 Å². The normalized spacial score (nSPS) is 12.7. The highest BCUT2D eigenvalue weighted by Crippen LogP contribution is 2.23. The second kappa shape index (κ2) is 5.70. The first-order valence-corrected chi connectivity index (χ1v) is 6.75. The maximum absolute atomic E-state index is 12.9. The van der Waals surface area contributed by atoms with Gasteiger partial charge in [0.2, 0.25) is 0 Å². The van der Waals surface area contributed by atoms with E-state index in [-0.39, 0.29) is 16.9 Å². The Morgan fingerprint density at radius 1 is 1.35 bits per heavy atom. The van der Waals surface area contributed by atoms with Crippen molar-refractivity contribution in [2.24, 2.45) is 4.99 Å². The maximum atomic E-state index is 12.9. The van der Waals surface area contributed by atoms with Gasteiger partial charge in [-0.25, -0.2) is 14.4 Å². The van der Waals surface area contributed by atoms with E-state index in [1.165, 1.54) is 18.3 Å². The molecule has 1 aromatic carbocycles. The molecule has 0 atom stereocenters. The van der Waals surface area contributed by atoms with Crippen LogP contribution in [0.4, 0.5) is 4.39 Å². The summed E-state index contributed by atoms with van der Waals surface area (Å²) in [7, 11) is 0. The summed E-state index contributed by atoms with van der Waals surface area (Å²) in [6.07, 6.45) is 1.45. The van der Waals surface area contributed by atoms with Crippen LogP contribution in [0.25, 0.3) is 0 Å². The Kier molecular flexibility index (Phi) is 4.17. The zero-order chi connectivity index (χ0) is 14.8. The molecule has 0 bridgehead atoms. The third-order valence-electron chi connectivity index (χ3n) is 2.90. The van der Waals surface area contributed by atoms with Crippen LogP contribution < -0.4 is 5.62 Å². The summed E-state index contributed by atoms with van der Waals surface area (Å²) in [6, 6.07) is 6.29. The summed E-state index contributed by atoms with van der Waals surface area (Å²) in [4.78, 5) is 8.82. The van der Waals surface area contributed by atoms with E-state index in [9.17, 15) is 9.60 Å². The Labute approximate surface area is 123 Å². The fourth-order valence-corrected chi connectivity index (χ4v) is 1.94. The van der Waals surface area contributed by atoms with E-state index >= 15 is 0 Å². The number of hydrogen-bond donors (Lipinski definition) is 1. The average molecular weight is 341 g/mol. The molecule has 0 aliphatic carbocycles. The summed E-state index contributed by atoms with van der Waals surface area (Å²) < 4.78 is 13.3. The third-order valence-corrected chi connectivity index (χ3v) is 3.26. The molecule has 5 nitrogen and oxygen atoms in total. The van der Waals surface area contributed by atoms with Crippen molar-refractivity contribution < 1.29 is 9.60 Å². The predicted octanol–water partition coefficient (Wildman–Crippen LogP) is 2.30. The molecular weight excluding hydrogens is 327 g/mol. The average Bonchev–Trinajstić information content (AvgIpc) is 2.38. The fourth-order valence-electron chi connectivity index (χ4n) is 1.69. The van der Waals surface area contributed by atoms with Gasteiger partial charge in [0.15, 0.2) is 0 Å². The Balaban J connectivity index is 2.26.